The Balaban J connectivity index is 1.69. The van der Waals surface area contributed by atoms with Gasteiger partial charge in [-0.25, -0.2) is 0 Å². The predicted octanol–water partition coefficient (Wildman–Crippen LogP) is 2.99. The molecular formula is C28H42N2O6. The lowest BCUT2D eigenvalue weighted by Crippen LogP contribution is -2.58. The van der Waals surface area contributed by atoms with Crippen LogP contribution in [0, 0.1) is 11.8 Å². The van der Waals surface area contributed by atoms with E-state index in [0.29, 0.717) is 45.2 Å². The van der Waals surface area contributed by atoms with Gasteiger partial charge in [-0.1, -0.05) is 31.4 Å². The first-order valence-electron chi connectivity index (χ1n) is 13.6. The highest BCUT2D eigenvalue weighted by atomic mass is 16.6. The van der Waals surface area contributed by atoms with Gasteiger partial charge in [-0.05, 0) is 51.9 Å². The summed E-state index contributed by atoms with van der Waals surface area (Å²) in [4.78, 5) is 45.2. The van der Waals surface area contributed by atoms with Gasteiger partial charge in [-0.2, -0.15) is 0 Å². The van der Waals surface area contributed by atoms with E-state index >= 15 is 0 Å². The summed E-state index contributed by atoms with van der Waals surface area (Å²) in [6.45, 7) is 10.4. The Bertz CT molecular complexity index is 870. The second kappa shape index (κ2) is 11.1. The molecule has 3 aliphatic heterocycles. The lowest BCUT2D eigenvalue weighted by molar-refractivity contribution is -0.160. The zero-order valence-electron chi connectivity index (χ0n) is 21.7. The SMILES string of the molecule is C=CCCOC(=O)[C@@H]1[C@H]2C(=O)N(CCCCO)C(C(=O)N(CC=C)C3CCCCC3)C23CC[C@@]1(C)O3. The predicted molar refractivity (Wildman–Crippen MR) is 135 cm³/mol. The molecule has 8 nitrogen and oxygen atoms in total. The maximum Gasteiger partial charge on any atom is 0.312 e. The van der Waals surface area contributed by atoms with Crippen molar-refractivity contribution in [3.05, 3.63) is 25.3 Å². The summed E-state index contributed by atoms with van der Waals surface area (Å²) >= 11 is 0. The van der Waals surface area contributed by atoms with E-state index in [1.165, 1.54) is 6.42 Å². The average Bonchev–Trinajstić information content (AvgIpc) is 3.44. The van der Waals surface area contributed by atoms with Crippen molar-refractivity contribution < 1.29 is 29.0 Å². The quantitative estimate of drug-likeness (QED) is 0.250. The Labute approximate surface area is 214 Å². The van der Waals surface area contributed by atoms with Crippen LogP contribution >= 0.6 is 0 Å². The first kappa shape index (κ1) is 26.9. The van der Waals surface area contributed by atoms with Crippen LogP contribution in [0.5, 0.6) is 0 Å². The molecule has 200 valence electrons. The van der Waals surface area contributed by atoms with Gasteiger partial charge in [0.2, 0.25) is 11.8 Å². The Hall–Kier alpha value is -2.19. The van der Waals surface area contributed by atoms with E-state index in [2.05, 4.69) is 13.2 Å². The van der Waals surface area contributed by atoms with Crippen molar-refractivity contribution in [3.8, 4) is 0 Å². The van der Waals surface area contributed by atoms with E-state index in [1.807, 2.05) is 11.8 Å². The van der Waals surface area contributed by atoms with Gasteiger partial charge < -0.3 is 24.4 Å². The van der Waals surface area contributed by atoms with Crippen molar-refractivity contribution in [1.29, 1.82) is 0 Å². The van der Waals surface area contributed by atoms with Gasteiger partial charge in [0.15, 0.2) is 0 Å². The van der Waals surface area contributed by atoms with Gasteiger partial charge >= 0.3 is 5.97 Å². The molecule has 3 saturated heterocycles. The number of likely N-dealkylation sites (tertiary alicyclic amines) is 1. The molecule has 2 bridgehead atoms. The van der Waals surface area contributed by atoms with Crippen LogP contribution in [0.4, 0.5) is 0 Å². The van der Waals surface area contributed by atoms with Crippen molar-refractivity contribution in [3.63, 3.8) is 0 Å². The van der Waals surface area contributed by atoms with E-state index in [4.69, 9.17) is 9.47 Å². The van der Waals surface area contributed by atoms with Crippen LogP contribution in [0.2, 0.25) is 0 Å². The number of nitrogens with zero attached hydrogens (tertiary/aromatic N) is 2. The van der Waals surface area contributed by atoms with Gasteiger partial charge in [0.25, 0.3) is 0 Å². The highest BCUT2D eigenvalue weighted by Gasteiger charge is 2.78. The molecule has 0 radical (unpaired) electrons. The summed E-state index contributed by atoms with van der Waals surface area (Å²) in [7, 11) is 0. The van der Waals surface area contributed by atoms with E-state index < -0.39 is 35.0 Å². The summed E-state index contributed by atoms with van der Waals surface area (Å²) in [5.41, 5.74) is -1.88. The summed E-state index contributed by atoms with van der Waals surface area (Å²) in [5.74, 6) is -2.23. The minimum absolute atomic E-state index is 0.0205. The number of rotatable bonds is 12. The van der Waals surface area contributed by atoms with E-state index in [1.54, 1.807) is 17.1 Å². The Morgan fingerprint density at radius 1 is 1.19 bits per heavy atom. The third-order valence-corrected chi connectivity index (χ3v) is 8.76. The Morgan fingerprint density at radius 3 is 2.61 bits per heavy atom. The number of hydrogen-bond acceptors (Lipinski definition) is 6. The fourth-order valence-electron chi connectivity index (χ4n) is 7.14. The molecular weight excluding hydrogens is 460 g/mol. The number of unbranched alkanes of at least 4 members (excludes halogenated alkanes) is 1. The van der Waals surface area contributed by atoms with Crippen LogP contribution in [0.25, 0.3) is 0 Å². The van der Waals surface area contributed by atoms with Crippen molar-refractivity contribution in [1.82, 2.24) is 9.80 Å². The van der Waals surface area contributed by atoms with Gasteiger partial charge in [0, 0.05) is 25.7 Å². The number of carbonyl (C=O) groups excluding carboxylic acids is 3. The number of aliphatic hydroxyl groups excluding tert-OH is 1. The number of hydrogen-bond donors (Lipinski definition) is 1. The zero-order chi connectivity index (χ0) is 25.9. The molecule has 4 rings (SSSR count). The number of aliphatic hydroxyl groups is 1. The van der Waals surface area contributed by atoms with Gasteiger partial charge in [0.05, 0.1) is 18.1 Å². The van der Waals surface area contributed by atoms with Gasteiger partial charge in [0.1, 0.15) is 17.6 Å². The highest BCUT2D eigenvalue weighted by Crippen LogP contribution is 2.63. The molecule has 36 heavy (non-hydrogen) atoms. The minimum Gasteiger partial charge on any atom is -0.465 e. The summed E-state index contributed by atoms with van der Waals surface area (Å²) < 4.78 is 12.2. The molecule has 2 unspecified atom stereocenters. The molecule has 0 aromatic carbocycles. The van der Waals surface area contributed by atoms with Gasteiger partial charge in [-0.15, -0.1) is 13.2 Å². The van der Waals surface area contributed by atoms with Crippen molar-refractivity contribution in [2.75, 3.05) is 26.3 Å². The largest absolute Gasteiger partial charge is 0.465 e. The monoisotopic (exact) mass is 502 g/mol. The Morgan fingerprint density at radius 2 is 1.94 bits per heavy atom. The van der Waals surface area contributed by atoms with Crippen LogP contribution in [0.1, 0.15) is 71.1 Å². The third kappa shape index (κ3) is 4.51. The first-order chi connectivity index (χ1) is 17.3. The van der Waals surface area contributed by atoms with Crippen molar-refractivity contribution in [2.45, 2.75) is 94.4 Å². The molecule has 4 aliphatic rings. The molecule has 1 N–H and O–H groups in total. The fourth-order valence-corrected chi connectivity index (χ4v) is 7.14. The molecule has 8 heteroatoms. The maximum atomic E-state index is 14.4. The van der Waals surface area contributed by atoms with Crippen LogP contribution in [0.3, 0.4) is 0 Å². The molecule has 0 aromatic rings. The van der Waals surface area contributed by atoms with Crippen LogP contribution in [-0.2, 0) is 23.9 Å². The topological polar surface area (TPSA) is 96.4 Å². The smallest absolute Gasteiger partial charge is 0.312 e. The van der Waals surface area contributed by atoms with E-state index in [0.717, 1.165) is 25.7 Å². The third-order valence-electron chi connectivity index (χ3n) is 8.76. The summed E-state index contributed by atoms with van der Waals surface area (Å²) in [5, 5.41) is 9.34. The highest BCUT2D eigenvalue weighted by molar-refractivity contribution is 5.98. The van der Waals surface area contributed by atoms with Crippen molar-refractivity contribution >= 4 is 17.8 Å². The second-order valence-electron chi connectivity index (χ2n) is 11.0. The van der Waals surface area contributed by atoms with Gasteiger partial charge in [-0.3, -0.25) is 14.4 Å². The first-order valence-corrected chi connectivity index (χ1v) is 13.6. The lowest BCUT2D eigenvalue weighted by Gasteiger charge is -2.40. The van der Waals surface area contributed by atoms with E-state index in [-0.39, 0.29) is 31.1 Å². The maximum absolute atomic E-state index is 14.4. The molecule has 0 aromatic heterocycles. The number of amides is 2. The minimum atomic E-state index is -1.04. The number of fused-ring (bicyclic) bond motifs is 1. The molecule has 1 saturated carbocycles. The Kier molecular flexibility index (Phi) is 8.25. The average molecular weight is 503 g/mol. The van der Waals surface area contributed by atoms with Crippen LogP contribution < -0.4 is 0 Å². The molecule has 3 heterocycles. The summed E-state index contributed by atoms with van der Waals surface area (Å²) in [6.07, 6.45) is 11.4. The molecule has 5 atom stereocenters. The molecule has 1 spiro atoms. The molecule has 2 amide bonds. The van der Waals surface area contributed by atoms with Crippen LogP contribution in [-0.4, -0.2) is 82.3 Å². The lowest BCUT2D eigenvalue weighted by atomic mass is 9.66. The fraction of sp³-hybridized carbons (Fsp3) is 0.750. The molecule has 4 fully saturated rings. The molecule has 1 aliphatic carbocycles. The second-order valence-corrected chi connectivity index (χ2v) is 11.0. The number of carbonyl (C=O) groups is 3. The normalized spacial score (nSPS) is 33.4. The standard InChI is InChI=1S/C28H42N2O6/c1-4-6-19-35-26(34)22-21-24(32)30(17-10-11-18-31)23(28(21)15-14-27(22,3)36-28)25(33)29(16-5-2)20-12-8-7-9-13-20/h4-5,20-23,31H,1-2,6-19H2,3H3/t21-,22-,23?,27+,28?/m0/s1. The number of esters is 1. The van der Waals surface area contributed by atoms with E-state index in [9.17, 15) is 19.5 Å². The van der Waals surface area contributed by atoms with Crippen molar-refractivity contribution in [2.24, 2.45) is 11.8 Å². The van der Waals surface area contributed by atoms with Crippen LogP contribution in [0.15, 0.2) is 25.3 Å². The zero-order valence-corrected chi connectivity index (χ0v) is 21.7. The number of ether oxygens (including phenoxy) is 2. The summed E-state index contributed by atoms with van der Waals surface area (Å²) in [6, 6.07) is -0.675.